The van der Waals surface area contributed by atoms with Gasteiger partial charge in [-0.2, -0.15) is 0 Å². The first-order valence-electron chi connectivity index (χ1n) is 6.95. The molecule has 21 heavy (non-hydrogen) atoms. The van der Waals surface area contributed by atoms with Gasteiger partial charge >= 0.3 is 0 Å². The Labute approximate surface area is 125 Å². The van der Waals surface area contributed by atoms with Crippen LogP contribution in [0.15, 0.2) is 24.3 Å². The molecular weight excluding hydrogens is 266 g/mol. The van der Waals surface area contributed by atoms with Gasteiger partial charge in [-0.05, 0) is 31.0 Å². The van der Waals surface area contributed by atoms with Crippen molar-refractivity contribution >= 4 is 5.82 Å². The van der Waals surface area contributed by atoms with Crippen molar-refractivity contribution in [3.63, 3.8) is 0 Å². The van der Waals surface area contributed by atoms with Crippen LogP contribution in [0.2, 0.25) is 0 Å². The van der Waals surface area contributed by atoms with E-state index < -0.39 is 0 Å². The molecule has 0 atom stereocenters. The van der Waals surface area contributed by atoms with E-state index in [-0.39, 0.29) is 0 Å². The molecule has 1 N–H and O–H groups in total. The number of anilines is 1. The third kappa shape index (κ3) is 3.84. The number of nitrogens with zero attached hydrogens (tertiary/aromatic N) is 2. The molecular formula is C16H21N3O2. The van der Waals surface area contributed by atoms with Crippen LogP contribution in [0.5, 0.6) is 11.5 Å². The van der Waals surface area contributed by atoms with Crippen LogP contribution >= 0.6 is 0 Å². The number of rotatable bonds is 6. The van der Waals surface area contributed by atoms with Crippen LogP contribution in [0.4, 0.5) is 5.82 Å². The summed E-state index contributed by atoms with van der Waals surface area (Å²) >= 11 is 0. The van der Waals surface area contributed by atoms with E-state index in [0.717, 1.165) is 40.8 Å². The number of aromatic nitrogens is 2. The van der Waals surface area contributed by atoms with E-state index >= 15 is 0 Å². The fourth-order valence-corrected chi connectivity index (χ4v) is 2.08. The summed E-state index contributed by atoms with van der Waals surface area (Å²) < 4.78 is 10.5. The molecule has 0 unspecified atom stereocenters. The molecule has 1 heterocycles. The summed E-state index contributed by atoms with van der Waals surface area (Å²) in [5.74, 6) is 3.08. The minimum atomic E-state index is 0.667. The first kappa shape index (κ1) is 15.1. The predicted octanol–water partition coefficient (Wildman–Crippen LogP) is 2.98. The van der Waals surface area contributed by atoms with Gasteiger partial charge in [-0.25, -0.2) is 9.97 Å². The number of aryl methyl sites for hydroxylation is 2. The smallest absolute Gasteiger partial charge is 0.161 e. The van der Waals surface area contributed by atoms with E-state index in [9.17, 15) is 0 Å². The number of hydrogen-bond donors (Lipinski definition) is 1. The molecule has 0 saturated heterocycles. The monoisotopic (exact) mass is 287 g/mol. The Balaban J connectivity index is 2.11. The molecule has 0 radical (unpaired) electrons. The second-order valence-electron chi connectivity index (χ2n) is 4.69. The van der Waals surface area contributed by atoms with Gasteiger partial charge in [-0.3, -0.25) is 0 Å². The molecule has 0 bridgehead atoms. The fourth-order valence-electron chi connectivity index (χ4n) is 2.08. The van der Waals surface area contributed by atoms with Gasteiger partial charge in [0.2, 0.25) is 0 Å². The van der Waals surface area contributed by atoms with Crippen LogP contribution in [0.1, 0.15) is 24.0 Å². The average molecular weight is 287 g/mol. The lowest BCUT2D eigenvalue weighted by molar-refractivity contribution is 0.354. The number of hydrogen-bond acceptors (Lipinski definition) is 5. The molecule has 5 heteroatoms. The summed E-state index contributed by atoms with van der Waals surface area (Å²) in [6.07, 6.45) is 0.897. The van der Waals surface area contributed by atoms with Crippen molar-refractivity contribution in [1.82, 2.24) is 9.97 Å². The summed E-state index contributed by atoms with van der Waals surface area (Å²) in [5.41, 5.74) is 2.14. The van der Waals surface area contributed by atoms with Crippen molar-refractivity contribution in [1.29, 1.82) is 0 Å². The molecule has 2 aromatic rings. The van der Waals surface area contributed by atoms with Gasteiger partial charge in [-0.1, -0.05) is 13.0 Å². The zero-order chi connectivity index (χ0) is 15.2. The van der Waals surface area contributed by atoms with Crippen molar-refractivity contribution < 1.29 is 9.47 Å². The van der Waals surface area contributed by atoms with Gasteiger partial charge in [0.1, 0.15) is 11.6 Å². The maximum absolute atomic E-state index is 5.31. The topological polar surface area (TPSA) is 56.3 Å². The van der Waals surface area contributed by atoms with Gasteiger partial charge in [0, 0.05) is 18.3 Å². The summed E-state index contributed by atoms with van der Waals surface area (Å²) in [5, 5.41) is 3.32. The van der Waals surface area contributed by atoms with Gasteiger partial charge in [0.05, 0.1) is 14.2 Å². The zero-order valence-corrected chi connectivity index (χ0v) is 12.9. The maximum Gasteiger partial charge on any atom is 0.161 e. The highest BCUT2D eigenvalue weighted by atomic mass is 16.5. The van der Waals surface area contributed by atoms with Gasteiger partial charge in [-0.15, -0.1) is 0 Å². The third-order valence-electron chi connectivity index (χ3n) is 3.17. The van der Waals surface area contributed by atoms with E-state index in [1.54, 1.807) is 14.2 Å². The predicted molar refractivity (Wildman–Crippen MR) is 83.0 cm³/mol. The highest BCUT2D eigenvalue weighted by Crippen LogP contribution is 2.27. The SMILES string of the molecule is CCc1cc(NCc2ccc(OC)c(OC)c2)nc(C)n1. The quantitative estimate of drug-likeness (QED) is 0.885. The summed E-state index contributed by atoms with van der Waals surface area (Å²) in [7, 11) is 3.27. The van der Waals surface area contributed by atoms with Crippen molar-refractivity contribution in [3.8, 4) is 11.5 Å². The molecule has 2 rings (SSSR count). The van der Waals surface area contributed by atoms with Gasteiger partial charge < -0.3 is 14.8 Å². The Hall–Kier alpha value is -2.30. The largest absolute Gasteiger partial charge is 0.493 e. The molecule has 0 saturated carbocycles. The van der Waals surface area contributed by atoms with E-state index in [2.05, 4.69) is 22.2 Å². The van der Waals surface area contributed by atoms with Crippen molar-refractivity contribution in [2.45, 2.75) is 26.8 Å². The zero-order valence-electron chi connectivity index (χ0n) is 12.9. The highest BCUT2D eigenvalue weighted by Gasteiger charge is 2.05. The minimum absolute atomic E-state index is 0.667. The standard InChI is InChI=1S/C16H21N3O2/c1-5-13-9-16(19-11(2)18-13)17-10-12-6-7-14(20-3)15(8-12)21-4/h6-9H,5,10H2,1-4H3,(H,17,18,19). The van der Waals surface area contributed by atoms with Crippen LogP contribution in [0.3, 0.4) is 0 Å². The van der Waals surface area contributed by atoms with E-state index in [1.165, 1.54) is 0 Å². The Morgan fingerprint density at radius 3 is 2.48 bits per heavy atom. The highest BCUT2D eigenvalue weighted by molar-refractivity contribution is 5.44. The van der Waals surface area contributed by atoms with Crippen molar-refractivity contribution in [2.24, 2.45) is 0 Å². The first-order valence-corrected chi connectivity index (χ1v) is 6.95. The van der Waals surface area contributed by atoms with E-state index in [1.807, 2.05) is 31.2 Å². The normalized spacial score (nSPS) is 10.3. The molecule has 0 aliphatic carbocycles. The van der Waals surface area contributed by atoms with Crippen molar-refractivity contribution in [2.75, 3.05) is 19.5 Å². The maximum atomic E-state index is 5.31. The summed E-state index contributed by atoms with van der Waals surface area (Å²) in [6, 6.07) is 7.84. The molecule has 0 amide bonds. The van der Waals surface area contributed by atoms with Crippen LogP contribution in [0.25, 0.3) is 0 Å². The molecule has 5 nitrogen and oxygen atoms in total. The number of benzene rings is 1. The first-order chi connectivity index (χ1) is 10.2. The average Bonchev–Trinajstić information content (AvgIpc) is 2.52. The Morgan fingerprint density at radius 2 is 1.81 bits per heavy atom. The van der Waals surface area contributed by atoms with Crippen LogP contribution in [-0.4, -0.2) is 24.2 Å². The Bertz CT molecular complexity index is 614. The fraction of sp³-hybridized carbons (Fsp3) is 0.375. The molecule has 1 aromatic heterocycles. The number of nitrogens with one attached hydrogen (secondary N) is 1. The Morgan fingerprint density at radius 1 is 1.05 bits per heavy atom. The molecule has 0 spiro atoms. The van der Waals surface area contributed by atoms with Crippen molar-refractivity contribution in [3.05, 3.63) is 41.3 Å². The van der Waals surface area contributed by atoms with E-state index in [0.29, 0.717) is 6.54 Å². The molecule has 0 fully saturated rings. The van der Waals surface area contributed by atoms with Crippen LogP contribution < -0.4 is 14.8 Å². The Kier molecular flexibility index (Phi) is 4.98. The number of ether oxygens (including phenoxy) is 2. The lowest BCUT2D eigenvalue weighted by Crippen LogP contribution is -2.05. The lowest BCUT2D eigenvalue weighted by Gasteiger charge is -2.11. The minimum Gasteiger partial charge on any atom is -0.493 e. The second-order valence-corrected chi connectivity index (χ2v) is 4.69. The second kappa shape index (κ2) is 6.92. The molecule has 0 aliphatic heterocycles. The van der Waals surface area contributed by atoms with Crippen LogP contribution in [-0.2, 0) is 13.0 Å². The molecule has 1 aromatic carbocycles. The van der Waals surface area contributed by atoms with Crippen LogP contribution in [0, 0.1) is 6.92 Å². The van der Waals surface area contributed by atoms with Gasteiger partial charge in [0.25, 0.3) is 0 Å². The summed E-state index contributed by atoms with van der Waals surface area (Å²) in [6.45, 7) is 4.65. The third-order valence-corrected chi connectivity index (χ3v) is 3.17. The lowest BCUT2D eigenvalue weighted by atomic mass is 10.2. The van der Waals surface area contributed by atoms with E-state index in [4.69, 9.17) is 9.47 Å². The molecule has 0 aliphatic rings. The summed E-state index contributed by atoms with van der Waals surface area (Å²) in [4.78, 5) is 8.76. The molecule has 112 valence electrons. The number of methoxy groups -OCH3 is 2. The van der Waals surface area contributed by atoms with Gasteiger partial charge in [0.15, 0.2) is 11.5 Å².